The Hall–Kier alpha value is -2.87. The van der Waals surface area contributed by atoms with Gasteiger partial charge in [0.15, 0.2) is 0 Å². The van der Waals surface area contributed by atoms with Crippen molar-refractivity contribution in [2.45, 2.75) is 19.4 Å². The van der Waals surface area contributed by atoms with Gasteiger partial charge in [0.25, 0.3) is 5.91 Å². The molecule has 2 rings (SSSR count). The van der Waals surface area contributed by atoms with Gasteiger partial charge >= 0.3 is 0 Å². The highest BCUT2D eigenvalue weighted by molar-refractivity contribution is 6.00. The number of carbonyl (C=O) groups excluding carboxylic acids is 2. The van der Waals surface area contributed by atoms with Crippen LogP contribution < -0.4 is 11.1 Å². The molecule has 2 aromatic rings. The highest BCUT2D eigenvalue weighted by Crippen LogP contribution is 2.16. The smallest absolute Gasteiger partial charge is 0.251 e. The summed E-state index contributed by atoms with van der Waals surface area (Å²) in [5.41, 5.74) is 5.75. The maximum atomic E-state index is 12.3. The monoisotopic (exact) mass is 295 g/mol. The summed E-state index contributed by atoms with van der Waals surface area (Å²) in [6, 6.07) is 14.2. The van der Waals surface area contributed by atoms with Crippen molar-refractivity contribution in [3.8, 4) is 6.07 Å². The van der Waals surface area contributed by atoms with Crippen molar-refractivity contribution in [2.24, 2.45) is 11.7 Å². The number of nitrogens with one attached hydrogen (secondary N) is 1. The van der Waals surface area contributed by atoms with Gasteiger partial charge in [0.05, 0.1) is 6.07 Å². The lowest BCUT2D eigenvalue weighted by atomic mass is 10.0. The van der Waals surface area contributed by atoms with Crippen LogP contribution in [0, 0.1) is 17.2 Å². The van der Waals surface area contributed by atoms with Crippen molar-refractivity contribution in [1.82, 2.24) is 5.32 Å². The van der Waals surface area contributed by atoms with E-state index in [1.54, 1.807) is 19.1 Å². The molecule has 22 heavy (non-hydrogen) atoms. The van der Waals surface area contributed by atoms with Gasteiger partial charge in [-0.3, -0.25) is 9.59 Å². The van der Waals surface area contributed by atoms with Crippen molar-refractivity contribution < 1.29 is 9.59 Å². The van der Waals surface area contributed by atoms with Gasteiger partial charge in [-0.2, -0.15) is 5.26 Å². The number of nitriles is 1. The molecule has 0 aliphatic heterocycles. The summed E-state index contributed by atoms with van der Waals surface area (Å²) in [7, 11) is 0. The number of hydrogen-bond donors (Lipinski definition) is 2. The van der Waals surface area contributed by atoms with E-state index in [0.29, 0.717) is 5.56 Å². The van der Waals surface area contributed by atoms with Crippen molar-refractivity contribution in [1.29, 1.82) is 5.26 Å². The first-order chi connectivity index (χ1) is 10.5. The fourth-order valence-corrected chi connectivity index (χ4v) is 2.22. The van der Waals surface area contributed by atoms with E-state index in [2.05, 4.69) is 5.32 Å². The number of benzene rings is 2. The Morgan fingerprint density at radius 2 is 1.91 bits per heavy atom. The third-order valence-electron chi connectivity index (χ3n) is 3.47. The summed E-state index contributed by atoms with van der Waals surface area (Å²) in [5.74, 6) is -1.38. The van der Waals surface area contributed by atoms with E-state index in [1.807, 2.05) is 36.4 Å². The summed E-state index contributed by atoms with van der Waals surface area (Å²) in [6.07, 6.45) is 0.200. The van der Waals surface area contributed by atoms with Gasteiger partial charge in [-0.25, -0.2) is 0 Å². The number of primary amides is 1. The average molecular weight is 295 g/mol. The summed E-state index contributed by atoms with van der Waals surface area (Å²) >= 11 is 0. The van der Waals surface area contributed by atoms with Crippen LogP contribution >= 0.6 is 0 Å². The molecule has 2 atom stereocenters. The lowest BCUT2D eigenvalue weighted by molar-refractivity contribution is -0.120. The molecule has 0 saturated heterocycles. The quantitative estimate of drug-likeness (QED) is 0.882. The van der Waals surface area contributed by atoms with E-state index in [0.717, 1.165) is 10.8 Å². The summed E-state index contributed by atoms with van der Waals surface area (Å²) in [6.45, 7) is 1.68. The topological polar surface area (TPSA) is 96.0 Å². The molecule has 112 valence electrons. The zero-order chi connectivity index (χ0) is 16.1. The van der Waals surface area contributed by atoms with Crippen LogP contribution in [-0.4, -0.2) is 17.9 Å². The van der Waals surface area contributed by atoms with E-state index < -0.39 is 11.9 Å². The Balaban J connectivity index is 2.18. The standard InChI is InChI=1S/C17H17N3O2/c1-11(10-18)8-15(16(19)21)20-17(22)14-7-6-12-4-2-3-5-13(12)9-14/h2-7,9,11,15H,8H2,1H3,(H2,19,21)(H,20,22)/t11-,15+/m0/s1. The first-order valence-corrected chi connectivity index (χ1v) is 7.00. The van der Waals surface area contributed by atoms with E-state index in [-0.39, 0.29) is 18.2 Å². The third-order valence-corrected chi connectivity index (χ3v) is 3.47. The van der Waals surface area contributed by atoms with Gasteiger partial charge in [0.1, 0.15) is 6.04 Å². The zero-order valence-electron chi connectivity index (χ0n) is 12.2. The number of hydrogen-bond acceptors (Lipinski definition) is 3. The van der Waals surface area contributed by atoms with Gasteiger partial charge in [-0.1, -0.05) is 30.3 Å². The summed E-state index contributed by atoms with van der Waals surface area (Å²) in [5, 5.41) is 13.4. The molecular weight excluding hydrogens is 278 g/mol. The Labute approximate surface area is 128 Å². The van der Waals surface area contributed by atoms with Gasteiger partial charge in [-0.05, 0) is 36.2 Å². The molecular formula is C17H17N3O2. The first kappa shape index (κ1) is 15.5. The van der Waals surface area contributed by atoms with E-state index in [4.69, 9.17) is 11.0 Å². The summed E-state index contributed by atoms with van der Waals surface area (Å²) in [4.78, 5) is 23.7. The molecule has 5 heteroatoms. The number of nitrogens with zero attached hydrogens (tertiary/aromatic N) is 1. The van der Waals surface area contributed by atoms with Crippen molar-refractivity contribution >= 4 is 22.6 Å². The molecule has 0 radical (unpaired) electrons. The normalized spacial score (nSPS) is 13.1. The number of fused-ring (bicyclic) bond motifs is 1. The van der Waals surface area contributed by atoms with Crippen molar-refractivity contribution in [2.75, 3.05) is 0 Å². The average Bonchev–Trinajstić information content (AvgIpc) is 2.53. The first-order valence-electron chi connectivity index (χ1n) is 7.00. The second kappa shape index (κ2) is 6.72. The fraction of sp³-hybridized carbons (Fsp3) is 0.235. The minimum atomic E-state index is -0.853. The second-order valence-electron chi connectivity index (χ2n) is 5.26. The van der Waals surface area contributed by atoms with Gasteiger partial charge in [0.2, 0.25) is 5.91 Å². The van der Waals surface area contributed by atoms with Gasteiger partial charge in [0, 0.05) is 11.5 Å². The third kappa shape index (κ3) is 3.61. The minimum Gasteiger partial charge on any atom is -0.368 e. The predicted octanol–water partition coefficient (Wildman–Crippen LogP) is 1.97. The highest BCUT2D eigenvalue weighted by atomic mass is 16.2. The van der Waals surface area contributed by atoms with Crippen LogP contribution in [0.25, 0.3) is 10.8 Å². The Bertz CT molecular complexity index is 749. The van der Waals surface area contributed by atoms with Crippen LogP contribution in [0.1, 0.15) is 23.7 Å². The predicted molar refractivity (Wildman–Crippen MR) is 83.8 cm³/mol. The number of nitrogens with two attached hydrogens (primary N) is 1. The van der Waals surface area contributed by atoms with Crippen LogP contribution in [0.5, 0.6) is 0 Å². The molecule has 5 nitrogen and oxygen atoms in total. The van der Waals surface area contributed by atoms with Gasteiger partial charge < -0.3 is 11.1 Å². The number of amides is 2. The largest absolute Gasteiger partial charge is 0.368 e. The molecule has 0 aliphatic carbocycles. The molecule has 0 unspecified atom stereocenters. The molecule has 0 aromatic heterocycles. The Morgan fingerprint density at radius 3 is 2.55 bits per heavy atom. The van der Waals surface area contributed by atoms with E-state index in [9.17, 15) is 9.59 Å². The van der Waals surface area contributed by atoms with E-state index >= 15 is 0 Å². The molecule has 2 amide bonds. The van der Waals surface area contributed by atoms with Gasteiger partial charge in [-0.15, -0.1) is 0 Å². The molecule has 2 aromatic carbocycles. The van der Waals surface area contributed by atoms with Crippen LogP contribution in [0.3, 0.4) is 0 Å². The number of rotatable bonds is 5. The molecule has 0 aliphatic rings. The molecule has 0 saturated carbocycles. The maximum absolute atomic E-state index is 12.3. The SMILES string of the molecule is C[C@H](C#N)C[C@@H](NC(=O)c1ccc2ccccc2c1)C(N)=O. The minimum absolute atomic E-state index is 0.200. The van der Waals surface area contributed by atoms with E-state index in [1.165, 1.54) is 0 Å². The Morgan fingerprint density at radius 1 is 1.23 bits per heavy atom. The highest BCUT2D eigenvalue weighted by Gasteiger charge is 2.21. The van der Waals surface area contributed by atoms with Crippen LogP contribution in [0.2, 0.25) is 0 Å². The fourth-order valence-electron chi connectivity index (χ4n) is 2.22. The maximum Gasteiger partial charge on any atom is 0.251 e. The van der Waals surface area contributed by atoms with Crippen LogP contribution in [-0.2, 0) is 4.79 Å². The summed E-state index contributed by atoms with van der Waals surface area (Å²) < 4.78 is 0. The second-order valence-corrected chi connectivity index (χ2v) is 5.26. The zero-order valence-corrected chi connectivity index (χ0v) is 12.2. The molecule has 3 N–H and O–H groups in total. The number of carbonyl (C=O) groups is 2. The van der Waals surface area contributed by atoms with Crippen LogP contribution in [0.4, 0.5) is 0 Å². The lowest BCUT2D eigenvalue weighted by Crippen LogP contribution is -2.45. The van der Waals surface area contributed by atoms with Crippen LogP contribution in [0.15, 0.2) is 42.5 Å². The van der Waals surface area contributed by atoms with Crippen molar-refractivity contribution in [3.05, 3.63) is 48.0 Å². The Kier molecular flexibility index (Phi) is 4.74. The molecule has 0 spiro atoms. The molecule has 0 heterocycles. The van der Waals surface area contributed by atoms with Crippen molar-refractivity contribution in [3.63, 3.8) is 0 Å². The molecule has 0 bridgehead atoms. The lowest BCUT2D eigenvalue weighted by Gasteiger charge is -2.16. The molecule has 0 fully saturated rings.